The normalized spacial score (nSPS) is 17.4. The Labute approximate surface area is 126 Å². The Morgan fingerprint density at radius 3 is 2.90 bits per heavy atom. The first-order chi connectivity index (χ1) is 9.58. The molecule has 0 saturated heterocycles. The zero-order valence-electron chi connectivity index (χ0n) is 12.3. The van der Waals surface area contributed by atoms with E-state index in [1.807, 2.05) is 18.8 Å². The largest absolute Gasteiger partial charge is 0.386 e. The van der Waals surface area contributed by atoms with Gasteiger partial charge >= 0.3 is 0 Å². The van der Waals surface area contributed by atoms with Crippen LogP contribution in [0.4, 0.5) is 0 Å². The lowest BCUT2D eigenvalue weighted by molar-refractivity contribution is 0.164. The van der Waals surface area contributed by atoms with Gasteiger partial charge in [0.2, 0.25) is 0 Å². The minimum absolute atomic E-state index is 0.559. The van der Waals surface area contributed by atoms with Gasteiger partial charge in [0.15, 0.2) is 0 Å². The molecule has 1 atom stereocenters. The van der Waals surface area contributed by atoms with E-state index in [9.17, 15) is 5.11 Å². The van der Waals surface area contributed by atoms with Crippen molar-refractivity contribution >= 4 is 11.6 Å². The molecule has 20 heavy (non-hydrogen) atoms. The zero-order valence-corrected chi connectivity index (χ0v) is 13.1. The van der Waals surface area contributed by atoms with Crippen LogP contribution in [-0.2, 0) is 6.54 Å². The lowest BCUT2D eigenvalue weighted by atomic mass is 9.94. The molecule has 1 aromatic rings. The third-order valence-corrected chi connectivity index (χ3v) is 4.04. The molecule has 0 aliphatic heterocycles. The van der Waals surface area contributed by atoms with Crippen molar-refractivity contribution in [2.24, 2.45) is 0 Å². The third-order valence-electron chi connectivity index (χ3n) is 3.75. The second-order valence-electron chi connectivity index (χ2n) is 5.73. The van der Waals surface area contributed by atoms with E-state index in [-0.39, 0.29) is 0 Å². The van der Waals surface area contributed by atoms with Gasteiger partial charge in [-0.2, -0.15) is 5.10 Å². The predicted octanol–water partition coefficient (Wildman–Crippen LogP) is 3.02. The minimum Gasteiger partial charge on any atom is -0.386 e. The summed E-state index contributed by atoms with van der Waals surface area (Å²) in [5, 5.41) is 15.3. The van der Waals surface area contributed by atoms with Gasteiger partial charge in [0.1, 0.15) is 6.10 Å². The number of aliphatic hydroxyl groups is 1. The summed E-state index contributed by atoms with van der Waals surface area (Å²) in [5.41, 5.74) is 2.10. The van der Waals surface area contributed by atoms with Gasteiger partial charge < -0.3 is 10.0 Å². The van der Waals surface area contributed by atoms with E-state index in [1.165, 1.54) is 18.4 Å². The Morgan fingerprint density at radius 1 is 1.45 bits per heavy atom. The summed E-state index contributed by atoms with van der Waals surface area (Å²) in [6, 6.07) is 0. The van der Waals surface area contributed by atoms with E-state index >= 15 is 0 Å². The van der Waals surface area contributed by atoms with Crippen molar-refractivity contribution in [3.05, 3.63) is 28.6 Å². The fourth-order valence-corrected chi connectivity index (χ4v) is 2.88. The molecule has 1 aliphatic rings. The second kappa shape index (κ2) is 7.25. The van der Waals surface area contributed by atoms with Crippen LogP contribution >= 0.6 is 11.6 Å². The van der Waals surface area contributed by atoms with Crippen LogP contribution in [0.15, 0.2) is 17.8 Å². The Balaban J connectivity index is 2.06. The number of allylic oxidation sites excluding steroid dienone is 1. The van der Waals surface area contributed by atoms with E-state index in [1.54, 1.807) is 6.20 Å². The van der Waals surface area contributed by atoms with Crippen molar-refractivity contribution in [2.45, 2.75) is 44.8 Å². The van der Waals surface area contributed by atoms with Crippen LogP contribution in [0.1, 0.15) is 43.9 Å². The first kappa shape index (κ1) is 15.5. The topological polar surface area (TPSA) is 41.3 Å². The quantitative estimate of drug-likeness (QED) is 0.821. The Hall–Kier alpha value is -0.840. The molecule has 2 rings (SSSR count). The number of halogens is 1. The molecule has 0 fully saturated rings. The third kappa shape index (κ3) is 4.08. The number of hydrogen-bond acceptors (Lipinski definition) is 3. The molecule has 1 N–H and O–H groups in total. The van der Waals surface area contributed by atoms with Crippen molar-refractivity contribution in [3.8, 4) is 0 Å². The Kier molecular flexibility index (Phi) is 5.64. The zero-order chi connectivity index (χ0) is 14.5. The van der Waals surface area contributed by atoms with Crippen molar-refractivity contribution in [1.82, 2.24) is 14.7 Å². The van der Waals surface area contributed by atoms with Crippen LogP contribution < -0.4 is 0 Å². The molecule has 1 aromatic heterocycles. The number of aliphatic hydroxyl groups excluding tert-OH is 1. The lowest BCUT2D eigenvalue weighted by Crippen LogP contribution is -2.21. The Bertz CT molecular complexity index is 468. The van der Waals surface area contributed by atoms with Crippen LogP contribution in [0.3, 0.4) is 0 Å². The maximum Gasteiger partial charge on any atom is 0.101 e. The fourth-order valence-electron chi connectivity index (χ4n) is 2.61. The SMILES string of the molecule is CN(C)CCn1ncc(Cl)c1C(O)CC1=CCCCC1. The molecule has 0 saturated carbocycles. The van der Waals surface area contributed by atoms with Gasteiger partial charge in [-0.3, -0.25) is 4.68 Å². The molecule has 112 valence electrons. The highest BCUT2D eigenvalue weighted by molar-refractivity contribution is 6.31. The first-order valence-corrected chi connectivity index (χ1v) is 7.67. The van der Waals surface area contributed by atoms with Crippen LogP contribution in [0.5, 0.6) is 0 Å². The standard InChI is InChI=1S/C15H24ClN3O/c1-18(2)8-9-19-15(13(16)11-17-19)14(20)10-12-6-4-3-5-7-12/h6,11,14,20H,3-5,7-10H2,1-2H3. The molecule has 0 radical (unpaired) electrons. The maximum atomic E-state index is 10.5. The summed E-state index contributed by atoms with van der Waals surface area (Å²) in [4.78, 5) is 2.09. The van der Waals surface area contributed by atoms with E-state index in [4.69, 9.17) is 11.6 Å². The van der Waals surface area contributed by atoms with E-state index < -0.39 is 6.10 Å². The lowest BCUT2D eigenvalue weighted by Gasteiger charge is -2.19. The van der Waals surface area contributed by atoms with Gasteiger partial charge in [-0.15, -0.1) is 0 Å². The van der Waals surface area contributed by atoms with Gasteiger partial charge in [-0.05, 0) is 39.8 Å². The number of aromatic nitrogens is 2. The summed E-state index contributed by atoms with van der Waals surface area (Å²) in [7, 11) is 4.04. The molecule has 4 nitrogen and oxygen atoms in total. The minimum atomic E-state index is -0.559. The van der Waals surface area contributed by atoms with Gasteiger partial charge in [0, 0.05) is 13.0 Å². The molecule has 1 unspecified atom stereocenters. The van der Waals surface area contributed by atoms with E-state index in [0.29, 0.717) is 11.4 Å². The molecule has 0 aromatic carbocycles. The summed E-state index contributed by atoms with van der Waals surface area (Å²) in [5.74, 6) is 0. The summed E-state index contributed by atoms with van der Waals surface area (Å²) in [6.45, 7) is 1.62. The van der Waals surface area contributed by atoms with Gasteiger partial charge in [0.05, 0.1) is 23.5 Å². The van der Waals surface area contributed by atoms with E-state index in [0.717, 1.165) is 31.6 Å². The number of rotatable bonds is 6. The number of hydrogen-bond donors (Lipinski definition) is 1. The molecule has 0 amide bonds. The van der Waals surface area contributed by atoms with E-state index in [2.05, 4.69) is 16.1 Å². The summed E-state index contributed by atoms with van der Waals surface area (Å²) in [6.07, 6.45) is 8.74. The summed E-state index contributed by atoms with van der Waals surface area (Å²) >= 11 is 6.20. The van der Waals surface area contributed by atoms with Crippen molar-refractivity contribution < 1.29 is 5.11 Å². The highest BCUT2D eigenvalue weighted by Crippen LogP contribution is 2.31. The van der Waals surface area contributed by atoms with Crippen LogP contribution in [0.2, 0.25) is 5.02 Å². The average Bonchev–Trinajstić information content (AvgIpc) is 2.78. The first-order valence-electron chi connectivity index (χ1n) is 7.30. The van der Waals surface area contributed by atoms with Crippen LogP contribution in [-0.4, -0.2) is 40.4 Å². The fraction of sp³-hybridized carbons (Fsp3) is 0.667. The van der Waals surface area contributed by atoms with Gasteiger partial charge in [-0.25, -0.2) is 0 Å². The molecule has 1 heterocycles. The highest BCUT2D eigenvalue weighted by atomic mass is 35.5. The van der Waals surface area contributed by atoms with Crippen molar-refractivity contribution in [3.63, 3.8) is 0 Å². The molecular formula is C15H24ClN3O. The van der Waals surface area contributed by atoms with Crippen LogP contribution in [0, 0.1) is 0 Å². The van der Waals surface area contributed by atoms with Crippen molar-refractivity contribution in [2.75, 3.05) is 20.6 Å². The molecule has 5 heteroatoms. The van der Waals surface area contributed by atoms with Gasteiger partial charge in [0.25, 0.3) is 0 Å². The number of likely N-dealkylation sites (N-methyl/N-ethyl adjacent to an activating group) is 1. The van der Waals surface area contributed by atoms with Crippen LogP contribution in [0.25, 0.3) is 0 Å². The Morgan fingerprint density at radius 2 is 2.25 bits per heavy atom. The number of nitrogens with zero attached hydrogens (tertiary/aromatic N) is 3. The summed E-state index contributed by atoms with van der Waals surface area (Å²) < 4.78 is 1.83. The predicted molar refractivity (Wildman–Crippen MR) is 81.9 cm³/mol. The van der Waals surface area contributed by atoms with Crippen molar-refractivity contribution in [1.29, 1.82) is 0 Å². The maximum absolute atomic E-state index is 10.5. The highest BCUT2D eigenvalue weighted by Gasteiger charge is 2.20. The molecule has 0 spiro atoms. The average molecular weight is 298 g/mol. The smallest absolute Gasteiger partial charge is 0.101 e. The monoisotopic (exact) mass is 297 g/mol. The molecular weight excluding hydrogens is 274 g/mol. The van der Waals surface area contributed by atoms with Gasteiger partial charge in [-0.1, -0.05) is 23.3 Å². The molecule has 0 bridgehead atoms. The second-order valence-corrected chi connectivity index (χ2v) is 6.14. The molecule has 1 aliphatic carbocycles.